The van der Waals surface area contributed by atoms with Gasteiger partial charge in [0.1, 0.15) is 0 Å². The van der Waals surface area contributed by atoms with Crippen LogP contribution in [-0.4, -0.2) is 45.1 Å². The third-order valence-corrected chi connectivity index (χ3v) is 5.41. The molecule has 8 nitrogen and oxygen atoms in total. The second kappa shape index (κ2) is 6.53. The first-order chi connectivity index (χ1) is 12.5. The van der Waals surface area contributed by atoms with E-state index in [0.717, 1.165) is 29.7 Å². The molecule has 0 aliphatic carbocycles. The molecule has 8 heteroatoms. The summed E-state index contributed by atoms with van der Waals surface area (Å²) in [7, 11) is 1.87. The monoisotopic (exact) mass is 355 g/mol. The number of hydrogen-bond donors (Lipinski definition) is 1. The number of nitro benzene ring substituents is 1. The second-order valence-electron chi connectivity index (χ2n) is 7.04. The number of amides is 1. The Morgan fingerprint density at radius 2 is 2.19 bits per heavy atom. The van der Waals surface area contributed by atoms with E-state index < -0.39 is 0 Å². The highest BCUT2D eigenvalue weighted by molar-refractivity contribution is 5.81. The maximum atomic E-state index is 13.1. The van der Waals surface area contributed by atoms with Gasteiger partial charge in [0.25, 0.3) is 5.69 Å². The van der Waals surface area contributed by atoms with Crippen LogP contribution in [0.3, 0.4) is 0 Å². The number of fused-ring (bicyclic) bond motifs is 1. The van der Waals surface area contributed by atoms with E-state index in [9.17, 15) is 14.9 Å². The SMILES string of the molecule is Cn1cc([C@H]2CNC[C@@H]2C(=O)N2CCc3ccc([N+](=O)[O-])cc3C2)cn1. The number of nitrogens with one attached hydrogen (secondary N) is 1. The molecule has 2 aliphatic rings. The summed E-state index contributed by atoms with van der Waals surface area (Å²) in [5, 5.41) is 18.6. The predicted molar refractivity (Wildman–Crippen MR) is 94.5 cm³/mol. The van der Waals surface area contributed by atoms with Gasteiger partial charge in [-0.2, -0.15) is 5.10 Å². The molecule has 1 saturated heterocycles. The Hall–Kier alpha value is -2.74. The van der Waals surface area contributed by atoms with Crippen LogP contribution in [-0.2, 0) is 24.8 Å². The van der Waals surface area contributed by atoms with Gasteiger partial charge in [0, 0.05) is 57.5 Å². The highest BCUT2D eigenvalue weighted by atomic mass is 16.6. The molecule has 1 aromatic carbocycles. The molecule has 0 radical (unpaired) electrons. The molecule has 0 unspecified atom stereocenters. The highest BCUT2D eigenvalue weighted by Gasteiger charge is 2.37. The molecular weight excluding hydrogens is 334 g/mol. The van der Waals surface area contributed by atoms with Crippen LogP contribution in [0.25, 0.3) is 0 Å². The zero-order valence-electron chi connectivity index (χ0n) is 14.6. The van der Waals surface area contributed by atoms with Crippen molar-refractivity contribution in [2.75, 3.05) is 19.6 Å². The third kappa shape index (κ3) is 2.96. The smallest absolute Gasteiger partial charge is 0.269 e. The van der Waals surface area contributed by atoms with Gasteiger partial charge in [-0.1, -0.05) is 6.07 Å². The molecule has 3 heterocycles. The second-order valence-corrected chi connectivity index (χ2v) is 7.04. The molecule has 4 rings (SSSR count). The fourth-order valence-corrected chi connectivity index (χ4v) is 4.00. The van der Waals surface area contributed by atoms with Crippen molar-refractivity contribution in [3.05, 3.63) is 57.4 Å². The molecule has 26 heavy (non-hydrogen) atoms. The fraction of sp³-hybridized carbons (Fsp3) is 0.444. The Bertz CT molecular complexity index is 862. The molecule has 1 N–H and O–H groups in total. The predicted octanol–water partition coefficient (Wildman–Crippen LogP) is 1.22. The van der Waals surface area contributed by atoms with Gasteiger partial charge in [-0.15, -0.1) is 0 Å². The number of hydrogen-bond acceptors (Lipinski definition) is 5. The molecule has 1 amide bonds. The zero-order chi connectivity index (χ0) is 18.3. The largest absolute Gasteiger partial charge is 0.338 e. The lowest BCUT2D eigenvalue weighted by atomic mass is 9.89. The molecule has 2 aromatic rings. The Kier molecular flexibility index (Phi) is 4.20. The standard InChI is InChI=1S/C18H21N5O3/c1-21-10-14(7-20-21)16-8-19-9-17(16)18(24)22-5-4-12-2-3-15(23(25)26)6-13(12)11-22/h2-3,6-7,10,16-17,19H,4-5,8-9,11H2,1H3/t16-,17+/m1/s1. The van der Waals surface area contributed by atoms with Gasteiger partial charge in [-0.3, -0.25) is 19.6 Å². The van der Waals surface area contributed by atoms with Crippen molar-refractivity contribution in [2.24, 2.45) is 13.0 Å². The zero-order valence-corrected chi connectivity index (χ0v) is 14.6. The number of carbonyl (C=O) groups is 1. The van der Waals surface area contributed by atoms with Crippen molar-refractivity contribution in [1.29, 1.82) is 0 Å². The number of carbonyl (C=O) groups excluding carboxylic acids is 1. The Morgan fingerprint density at radius 1 is 1.35 bits per heavy atom. The van der Waals surface area contributed by atoms with E-state index in [2.05, 4.69) is 10.4 Å². The molecule has 1 aromatic heterocycles. The molecule has 0 spiro atoms. The van der Waals surface area contributed by atoms with Gasteiger partial charge in [0.2, 0.25) is 5.91 Å². The van der Waals surface area contributed by atoms with E-state index in [1.54, 1.807) is 10.7 Å². The molecular formula is C18H21N5O3. The summed E-state index contributed by atoms with van der Waals surface area (Å²) in [5.41, 5.74) is 3.12. The van der Waals surface area contributed by atoms with E-state index in [0.29, 0.717) is 19.6 Å². The minimum absolute atomic E-state index is 0.0776. The van der Waals surface area contributed by atoms with Crippen molar-refractivity contribution in [2.45, 2.75) is 18.9 Å². The van der Waals surface area contributed by atoms with Crippen molar-refractivity contribution in [3.8, 4) is 0 Å². The van der Waals surface area contributed by atoms with E-state index in [1.165, 1.54) is 6.07 Å². The molecule has 0 saturated carbocycles. The summed E-state index contributed by atoms with van der Waals surface area (Å²) in [6.45, 7) is 2.50. The number of nitrogens with zero attached hydrogens (tertiary/aromatic N) is 4. The van der Waals surface area contributed by atoms with Crippen molar-refractivity contribution in [1.82, 2.24) is 20.0 Å². The van der Waals surface area contributed by atoms with Crippen molar-refractivity contribution < 1.29 is 9.72 Å². The molecule has 2 aliphatic heterocycles. The van der Waals surface area contributed by atoms with Crippen molar-refractivity contribution in [3.63, 3.8) is 0 Å². The van der Waals surface area contributed by atoms with Gasteiger partial charge in [0.15, 0.2) is 0 Å². The van der Waals surface area contributed by atoms with E-state index in [-0.39, 0.29) is 28.4 Å². The van der Waals surface area contributed by atoms with Gasteiger partial charge in [0.05, 0.1) is 17.0 Å². The number of non-ortho nitro benzene ring substituents is 1. The lowest BCUT2D eigenvalue weighted by Crippen LogP contribution is -2.41. The quantitative estimate of drug-likeness (QED) is 0.660. The molecule has 0 bridgehead atoms. The van der Waals surface area contributed by atoms with Crippen LogP contribution in [0.5, 0.6) is 0 Å². The number of rotatable bonds is 3. The topological polar surface area (TPSA) is 93.3 Å². The number of aromatic nitrogens is 2. The van der Waals surface area contributed by atoms with E-state index >= 15 is 0 Å². The Morgan fingerprint density at radius 3 is 2.92 bits per heavy atom. The first-order valence-electron chi connectivity index (χ1n) is 8.77. The van der Waals surface area contributed by atoms with Crippen LogP contribution in [0.2, 0.25) is 0 Å². The van der Waals surface area contributed by atoms with Gasteiger partial charge in [-0.05, 0) is 23.1 Å². The molecule has 2 atom stereocenters. The molecule has 1 fully saturated rings. The highest BCUT2D eigenvalue weighted by Crippen LogP contribution is 2.31. The number of nitro groups is 1. The summed E-state index contributed by atoms with van der Waals surface area (Å²) >= 11 is 0. The Balaban J connectivity index is 1.53. The fourth-order valence-electron chi connectivity index (χ4n) is 4.00. The van der Waals surface area contributed by atoms with Crippen LogP contribution < -0.4 is 5.32 Å². The van der Waals surface area contributed by atoms with E-state index in [1.807, 2.05) is 30.4 Å². The molecule has 136 valence electrons. The summed E-state index contributed by atoms with van der Waals surface area (Å²) < 4.78 is 1.76. The van der Waals surface area contributed by atoms with Gasteiger partial charge < -0.3 is 10.2 Å². The maximum Gasteiger partial charge on any atom is 0.269 e. The summed E-state index contributed by atoms with van der Waals surface area (Å²) in [4.78, 5) is 25.6. The lowest BCUT2D eigenvalue weighted by molar-refractivity contribution is -0.385. The van der Waals surface area contributed by atoms with Gasteiger partial charge in [-0.25, -0.2) is 0 Å². The lowest BCUT2D eigenvalue weighted by Gasteiger charge is -2.32. The van der Waals surface area contributed by atoms with Gasteiger partial charge >= 0.3 is 0 Å². The van der Waals surface area contributed by atoms with Crippen LogP contribution in [0, 0.1) is 16.0 Å². The normalized spacial score (nSPS) is 22.3. The Labute approximate surface area is 150 Å². The summed E-state index contributed by atoms with van der Waals surface area (Å²) in [6.07, 6.45) is 4.52. The minimum atomic E-state index is -0.389. The van der Waals surface area contributed by atoms with Crippen LogP contribution in [0.4, 0.5) is 5.69 Å². The number of aryl methyl sites for hydroxylation is 1. The van der Waals surface area contributed by atoms with Crippen molar-refractivity contribution >= 4 is 11.6 Å². The first-order valence-corrected chi connectivity index (χ1v) is 8.77. The summed E-state index contributed by atoms with van der Waals surface area (Å²) in [6, 6.07) is 4.95. The van der Waals surface area contributed by atoms with E-state index in [4.69, 9.17) is 0 Å². The number of benzene rings is 1. The average molecular weight is 355 g/mol. The van der Waals surface area contributed by atoms with Crippen LogP contribution in [0.15, 0.2) is 30.6 Å². The average Bonchev–Trinajstić information content (AvgIpc) is 3.28. The summed E-state index contributed by atoms with van der Waals surface area (Å²) in [5.74, 6) is 0.100. The maximum absolute atomic E-state index is 13.1. The van der Waals surface area contributed by atoms with Crippen LogP contribution in [0.1, 0.15) is 22.6 Å². The first kappa shape index (κ1) is 16.7. The minimum Gasteiger partial charge on any atom is -0.338 e. The van der Waals surface area contributed by atoms with Crippen LogP contribution >= 0.6 is 0 Å². The third-order valence-electron chi connectivity index (χ3n) is 5.41.